The first-order valence-corrected chi connectivity index (χ1v) is 3.81. The van der Waals surface area contributed by atoms with Crippen molar-refractivity contribution in [3.8, 4) is 0 Å². The first-order chi connectivity index (χ1) is 4.18. The van der Waals surface area contributed by atoms with Gasteiger partial charge in [0.1, 0.15) is 0 Å². The second-order valence-electron chi connectivity index (χ2n) is 1.18. The first-order valence-electron chi connectivity index (χ1n) is 2.54. The third kappa shape index (κ3) is 30.1. The van der Waals surface area contributed by atoms with Crippen LogP contribution in [0, 0.1) is 0 Å². The minimum atomic E-state index is -0.329. The van der Waals surface area contributed by atoms with Gasteiger partial charge in [0.25, 0.3) is 0 Å². The van der Waals surface area contributed by atoms with E-state index < -0.39 is 0 Å². The summed E-state index contributed by atoms with van der Waals surface area (Å²) in [7, 11) is 0. The number of hydrogen-bond acceptors (Lipinski definition) is 2. The Labute approximate surface area is 79.0 Å². The summed E-state index contributed by atoms with van der Waals surface area (Å²) in [5.41, 5.74) is 0. The van der Waals surface area contributed by atoms with Crippen LogP contribution >= 0.6 is 0 Å². The van der Waals surface area contributed by atoms with Gasteiger partial charge in [-0.15, -0.1) is 0 Å². The van der Waals surface area contributed by atoms with E-state index in [0.717, 1.165) is 6.26 Å². The summed E-state index contributed by atoms with van der Waals surface area (Å²) in [6, 6.07) is 0. The molecule has 0 amide bonds. The first kappa shape index (κ1) is 12.1. The van der Waals surface area contributed by atoms with E-state index in [0.29, 0.717) is 0 Å². The predicted octanol–water partition coefficient (Wildman–Crippen LogP) is 0.670. The van der Waals surface area contributed by atoms with Crippen molar-refractivity contribution in [2.24, 2.45) is 0 Å². The molecular formula is C6H10CaO2. The van der Waals surface area contributed by atoms with Gasteiger partial charge >= 0.3 is 50.2 Å². The fraction of sp³-hybridized carbons (Fsp3) is 0.333. The van der Waals surface area contributed by atoms with E-state index in [2.05, 4.69) is 20.3 Å². The Kier molecular flexibility index (Phi) is 15.0. The molecule has 0 fully saturated rings. The molecule has 3 heteroatoms. The standard InChI is InChI=1S/C4H6O2.C2H4.Ca/c1-3-6-4(2)5;1-2;/h3H,1H2,2H3;1H,2H3;. The molecule has 0 aliphatic heterocycles. The van der Waals surface area contributed by atoms with Gasteiger partial charge in [0.2, 0.25) is 0 Å². The van der Waals surface area contributed by atoms with Crippen LogP contribution in [0.3, 0.4) is 0 Å². The van der Waals surface area contributed by atoms with E-state index in [-0.39, 0.29) is 5.97 Å². The Bertz CT molecular complexity index is 99.2. The van der Waals surface area contributed by atoms with Crippen molar-refractivity contribution in [3.05, 3.63) is 12.8 Å². The molecule has 0 atom stereocenters. The van der Waals surface area contributed by atoms with Gasteiger partial charge in [0.05, 0.1) is 6.26 Å². The van der Waals surface area contributed by atoms with Crippen molar-refractivity contribution in [3.63, 3.8) is 0 Å². The molecular weight excluding hydrogens is 144 g/mol. The summed E-state index contributed by atoms with van der Waals surface area (Å²) in [5.74, 6) is -0.329. The molecule has 0 radical (unpaired) electrons. The molecule has 0 aliphatic rings. The topological polar surface area (TPSA) is 26.3 Å². The minimum absolute atomic E-state index is 0.329. The van der Waals surface area contributed by atoms with Crippen molar-refractivity contribution in [1.82, 2.24) is 0 Å². The molecule has 0 heterocycles. The number of rotatable bonds is 1. The van der Waals surface area contributed by atoms with Gasteiger partial charge < -0.3 is 4.74 Å². The van der Waals surface area contributed by atoms with Gasteiger partial charge in [0.15, 0.2) is 0 Å². The Hall–Kier alpha value is 0.340. The number of esters is 1. The fourth-order valence-corrected chi connectivity index (χ4v) is 0.117. The van der Waals surface area contributed by atoms with Crippen molar-refractivity contribution < 1.29 is 9.53 Å². The molecule has 0 aromatic carbocycles. The monoisotopic (exact) mass is 154 g/mol. The molecule has 0 rings (SSSR count). The third-order valence-corrected chi connectivity index (χ3v) is 0.249. The molecule has 2 nitrogen and oxygen atoms in total. The molecule has 0 spiro atoms. The maximum absolute atomic E-state index is 9.75. The number of hydrogen-bond donors (Lipinski definition) is 0. The summed E-state index contributed by atoms with van der Waals surface area (Å²) in [5, 5.41) is 0. The molecule has 9 heavy (non-hydrogen) atoms. The van der Waals surface area contributed by atoms with Crippen molar-refractivity contribution in [2.45, 2.75) is 13.8 Å². The zero-order valence-corrected chi connectivity index (χ0v) is 8.09. The van der Waals surface area contributed by atoms with Gasteiger partial charge in [-0.2, -0.15) is 0 Å². The Morgan fingerprint density at radius 1 is 1.78 bits per heavy atom. The molecule has 0 aromatic heterocycles. The van der Waals surface area contributed by atoms with Crippen LogP contribution in [-0.2, 0) is 9.53 Å². The SMILES string of the molecule is C=COC(C)=O.C[CH]=[Ca]. The summed E-state index contributed by atoms with van der Waals surface area (Å²) >= 11 is 1.32. The molecule has 0 saturated carbocycles. The zero-order valence-electron chi connectivity index (χ0n) is 5.89. The van der Waals surface area contributed by atoms with Gasteiger partial charge in [-0.1, -0.05) is 6.58 Å². The third-order valence-electron chi connectivity index (χ3n) is 0.249. The zero-order chi connectivity index (χ0) is 7.70. The van der Waals surface area contributed by atoms with E-state index >= 15 is 0 Å². The van der Waals surface area contributed by atoms with Crippen molar-refractivity contribution >= 4 is 43.3 Å². The van der Waals surface area contributed by atoms with Crippen LogP contribution in [0.25, 0.3) is 0 Å². The second-order valence-corrected chi connectivity index (χ2v) is 2.46. The van der Waals surface area contributed by atoms with E-state index in [4.69, 9.17) is 0 Å². The summed E-state index contributed by atoms with van der Waals surface area (Å²) < 4.78 is 6.29. The molecule has 0 bridgehead atoms. The number of carbonyl (C=O) groups excluding carboxylic acids is 1. The van der Waals surface area contributed by atoms with Crippen LogP contribution in [0.2, 0.25) is 0 Å². The van der Waals surface area contributed by atoms with Crippen molar-refractivity contribution in [2.75, 3.05) is 0 Å². The van der Waals surface area contributed by atoms with E-state index in [1.807, 2.05) is 0 Å². The average Bonchev–Trinajstić information content (AvgIpc) is 1.67. The van der Waals surface area contributed by atoms with Crippen LogP contribution in [-0.4, -0.2) is 43.3 Å². The van der Waals surface area contributed by atoms with Gasteiger partial charge in [0, 0.05) is 6.92 Å². The van der Waals surface area contributed by atoms with Crippen molar-refractivity contribution in [1.29, 1.82) is 0 Å². The average molecular weight is 154 g/mol. The van der Waals surface area contributed by atoms with Crippen LogP contribution < -0.4 is 0 Å². The maximum atomic E-state index is 9.75. The van der Waals surface area contributed by atoms with Crippen LogP contribution in [0.1, 0.15) is 13.8 Å². The van der Waals surface area contributed by atoms with E-state index in [9.17, 15) is 4.79 Å². The van der Waals surface area contributed by atoms with Gasteiger partial charge in [-0.3, -0.25) is 4.79 Å². The molecule has 0 saturated heterocycles. The van der Waals surface area contributed by atoms with E-state index in [1.165, 1.54) is 42.2 Å². The predicted molar refractivity (Wildman–Crippen MR) is 39.5 cm³/mol. The summed E-state index contributed by atoms with van der Waals surface area (Å²) in [6.45, 7) is 6.53. The molecule has 0 aliphatic carbocycles. The normalized spacial score (nSPS) is 6.22. The molecule has 0 aromatic rings. The van der Waals surface area contributed by atoms with Crippen LogP contribution in [0.4, 0.5) is 0 Å². The quantitative estimate of drug-likeness (QED) is 0.315. The van der Waals surface area contributed by atoms with Gasteiger partial charge in [-0.05, 0) is 0 Å². The molecule has 0 N–H and O–H groups in total. The van der Waals surface area contributed by atoms with E-state index in [1.54, 1.807) is 0 Å². The summed E-state index contributed by atoms with van der Waals surface area (Å²) in [4.78, 5) is 9.75. The Morgan fingerprint density at radius 2 is 2.11 bits per heavy atom. The van der Waals surface area contributed by atoms with Crippen LogP contribution in [0.15, 0.2) is 12.8 Å². The number of carbonyl (C=O) groups is 1. The molecule has 48 valence electrons. The Balaban J connectivity index is 0. The number of ether oxygens (including phenoxy) is 1. The van der Waals surface area contributed by atoms with Gasteiger partial charge in [-0.25, -0.2) is 0 Å². The fourth-order valence-electron chi connectivity index (χ4n) is 0.117. The summed E-state index contributed by atoms with van der Waals surface area (Å²) in [6.07, 6.45) is 1.10. The molecule has 0 unspecified atom stereocenters. The second kappa shape index (κ2) is 11.2. The Morgan fingerprint density at radius 3 is 2.11 bits per heavy atom. The van der Waals surface area contributed by atoms with Crippen LogP contribution in [0.5, 0.6) is 0 Å².